The Morgan fingerprint density at radius 2 is 2.18 bits per heavy atom. The summed E-state index contributed by atoms with van der Waals surface area (Å²) in [5.74, 6) is 1.47. The van der Waals surface area contributed by atoms with Gasteiger partial charge in [-0.3, -0.25) is 4.79 Å². The zero-order valence-electron chi connectivity index (χ0n) is 12.8. The predicted octanol–water partition coefficient (Wildman–Crippen LogP) is 2.14. The van der Waals surface area contributed by atoms with E-state index in [2.05, 4.69) is 4.98 Å². The molecule has 1 amide bonds. The normalized spacial score (nSPS) is 17.9. The Balaban J connectivity index is 1.58. The average Bonchev–Trinajstić information content (AvgIpc) is 3.15. The van der Waals surface area contributed by atoms with Gasteiger partial charge in [-0.1, -0.05) is 29.8 Å². The molecule has 3 rings (SSSR count). The quantitative estimate of drug-likeness (QED) is 0.939. The van der Waals surface area contributed by atoms with Gasteiger partial charge in [0.25, 0.3) is 0 Å². The number of nitrogens with two attached hydrogens (primary N) is 1. The summed E-state index contributed by atoms with van der Waals surface area (Å²) in [6.45, 7) is 3.48. The summed E-state index contributed by atoms with van der Waals surface area (Å²) in [6, 6.07) is 8.22. The second-order valence-electron chi connectivity index (χ2n) is 5.87. The fourth-order valence-electron chi connectivity index (χ4n) is 2.66. The van der Waals surface area contributed by atoms with Crippen LogP contribution in [0.15, 0.2) is 34.9 Å². The second kappa shape index (κ2) is 6.32. The molecule has 0 aliphatic carbocycles. The Morgan fingerprint density at radius 3 is 2.86 bits per heavy atom. The molecule has 116 valence electrons. The van der Waals surface area contributed by atoms with Gasteiger partial charge in [0.15, 0.2) is 11.7 Å². The highest BCUT2D eigenvalue weighted by Gasteiger charge is 2.23. The van der Waals surface area contributed by atoms with Crippen LogP contribution in [0.1, 0.15) is 24.3 Å². The summed E-state index contributed by atoms with van der Waals surface area (Å²) in [7, 11) is 0. The molecular formula is C17H21N3O2. The Labute approximate surface area is 130 Å². The van der Waals surface area contributed by atoms with Crippen LogP contribution in [-0.2, 0) is 11.2 Å². The lowest BCUT2D eigenvalue weighted by molar-refractivity contribution is -0.130. The molecule has 0 saturated carbocycles. The van der Waals surface area contributed by atoms with Crippen LogP contribution < -0.4 is 5.73 Å². The number of hydrogen-bond donors (Lipinski definition) is 1. The van der Waals surface area contributed by atoms with Crippen molar-refractivity contribution in [1.82, 2.24) is 9.88 Å². The van der Waals surface area contributed by atoms with Gasteiger partial charge in [0, 0.05) is 37.5 Å². The van der Waals surface area contributed by atoms with Crippen LogP contribution >= 0.6 is 0 Å². The van der Waals surface area contributed by atoms with E-state index in [9.17, 15) is 4.79 Å². The highest BCUT2D eigenvalue weighted by molar-refractivity contribution is 5.76. The molecule has 0 bridgehead atoms. The van der Waals surface area contributed by atoms with Crippen LogP contribution in [0, 0.1) is 6.92 Å². The van der Waals surface area contributed by atoms with Crippen molar-refractivity contribution in [3.05, 3.63) is 41.9 Å². The van der Waals surface area contributed by atoms with E-state index < -0.39 is 0 Å². The number of rotatable bonds is 4. The Hall–Kier alpha value is -2.14. The summed E-state index contributed by atoms with van der Waals surface area (Å²) < 4.78 is 5.74. The largest absolute Gasteiger partial charge is 0.441 e. The first-order valence-corrected chi connectivity index (χ1v) is 7.67. The van der Waals surface area contributed by atoms with E-state index in [0.717, 1.165) is 24.3 Å². The first-order chi connectivity index (χ1) is 10.6. The van der Waals surface area contributed by atoms with Crippen molar-refractivity contribution in [3.8, 4) is 11.3 Å². The van der Waals surface area contributed by atoms with Crippen LogP contribution in [0.2, 0.25) is 0 Å². The van der Waals surface area contributed by atoms with Crippen molar-refractivity contribution in [3.63, 3.8) is 0 Å². The third-order valence-corrected chi connectivity index (χ3v) is 4.02. The van der Waals surface area contributed by atoms with Gasteiger partial charge in [-0.25, -0.2) is 4.98 Å². The maximum Gasteiger partial charge on any atom is 0.223 e. The lowest BCUT2D eigenvalue weighted by Gasteiger charge is -2.14. The number of hydrogen-bond acceptors (Lipinski definition) is 4. The zero-order chi connectivity index (χ0) is 15.5. The number of likely N-dealkylation sites (tertiary alicyclic amines) is 1. The van der Waals surface area contributed by atoms with Gasteiger partial charge in [0.2, 0.25) is 5.91 Å². The highest BCUT2D eigenvalue weighted by Crippen LogP contribution is 2.21. The third-order valence-electron chi connectivity index (χ3n) is 4.02. The molecular weight excluding hydrogens is 278 g/mol. The van der Waals surface area contributed by atoms with E-state index in [4.69, 9.17) is 10.2 Å². The number of benzene rings is 1. The van der Waals surface area contributed by atoms with Gasteiger partial charge < -0.3 is 15.1 Å². The molecule has 0 spiro atoms. The zero-order valence-corrected chi connectivity index (χ0v) is 12.8. The first-order valence-electron chi connectivity index (χ1n) is 7.67. The topological polar surface area (TPSA) is 72.4 Å². The van der Waals surface area contributed by atoms with Crippen molar-refractivity contribution in [1.29, 1.82) is 0 Å². The molecule has 0 radical (unpaired) electrons. The molecule has 1 aliphatic rings. The highest BCUT2D eigenvalue weighted by atomic mass is 16.4. The minimum absolute atomic E-state index is 0.124. The Bertz CT molecular complexity index is 648. The Morgan fingerprint density at radius 1 is 1.41 bits per heavy atom. The number of nitrogens with zero attached hydrogens (tertiary/aromatic N) is 2. The lowest BCUT2D eigenvalue weighted by Crippen LogP contribution is -2.31. The molecule has 1 saturated heterocycles. The lowest BCUT2D eigenvalue weighted by atomic mass is 10.1. The smallest absolute Gasteiger partial charge is 0.223 e. The van der Waals surface area contributed by atoms with Crippen LogP contribution in [0.3, 0.4) is 0 Å². The van der Waals surface area contributed by atoms with E-state index in [1.165, 1.54) is 5.56 Å². The fraction of sp³-hybridized carbons (Fsp3) is 0.412. The molecule has 2 heterocycles. The van der Waals surface area contributed by atoms with Gasteiger partial charge in [0.05, 0.1) is 6.20 Å². The first kappa shape index (κ1) is 14.8. The third kappa shape index (κ3) is 3.36. The molecule has 0 unspecified atom stereocenters. The molecule has 1 aliphatic heterocycles. The minimum Gasteiger partial charge on any atom is -0.441 e. The molecule has 1 fully saturated rings. The van der Waals surface area contributed by atoms with E-state index in [1.54, 1.807) is 6.20 Å². The summed E-state index contributed by atoms with van der Waals surface area (Å²) >= 11 is 0. The van der Waals surface area contributed by atoms with Crippen molar-refractivity contribution < 1.29 is 9.21 Å². The summed E-state index contributed by atoms with van der Waals surface area (Å²) in [6.07, 6.45) is 3.55. The average molecular weight is 299 g/mol. The molecule has 2 N–H and O–H groups in total. The molecule has 1 aromatic carbocycles. The van der Waals surface area contributed by atoms with E-state index in [0.29, 0.717) is 25.3 Å². The molecule has 2 aromatic rings. The van der Waals surface area contributed by atoms with Gasteiger partial charge in [-0.2, -0.15) is 0 Å². The van der Waals surface area contributed by atoms with Crippen molar-refractivity contribution >= 4 is 5.91 Å². The van der Waals surface area contributed by atoms with Gasteiger partial charge >= 0.3 is 0 Å². The molecule has 1 atom stereocenters. The fourth-order valence-corrected chi connectivity index (χ4v) is 2.66. The monoisotopic (exact) mass is 299 g/mol. The molecule has 22 heavy (non-hydrogen) atoms. The van der Waals surface area contributed by atoms with Crippen molar-refractivity contribution in [2.24, 2.45) is 5.73 Å². The van der Waals surface area contributed by atoms with Crippen LogP contribution in [0.5, 0.6) is 0 Å². The maximum absolute atomic E-state index is 12.1. The minimum atomic E-state index is 0.124. The summed E-state index contributed by atoms with van der Waals surface area (Å²) in [5.41, 5.74) is 8.03. The van der Waals surface area contributed by atoms with Crippen molar-refractivity contribution in [2.45, 2.75) is 32.2 Å². The van der Waals surface area contributed by atoms with Gasteiger partial charge in [-0.05, 0) is 13.3 Å². The molecule has 5 heteroatoms. The number of aromatic nitrogens is 1. The molecule has 1 aromatic heterocycles. The maximum atomic E-state index is 12.1. The molecule has 5 nitrogen and oxygen atoms in total. The van der Waals surface area contributed by atoms with E-state index >= 15 is 0 Å². The standard InChI is InChI=1S/C17H21N3O2/c1-12-2-4-13(5-3-12)15-10-19-16(22-15)6-7-17(21)20-9-8-14(18)11-20/h2-5,10,14H,6-9,11,18H2,1H3/t14-/m1/s1. The summed E-state index contributed by atoms with van der Waals surface area (Å²) in [4.78, 5) is 18.2. The van der Waals surface area contributed by atoms with E-state index in [-0.39, 0.29) is 11.9 Å². The van der Waals surface area contributed by atoms with Gasteiger partial charge in [-0.15, -0.1) is 0 Å². The van der Waals surface area contributed by atoms with Crippen LogP contribution in [0.4, 0.5) is 0 Å². The Kier molecular flexibility index (Phi) is 4.24. The predicted molar refractivity (Wildman–Crippen MR) is 84.2 cm³/mol. The second-order valence-corrected chi connectivity index (χ2v) is 5.87. The SMILES string of the molecule is Cc1ccc(-c2cnc(CCC(=O)N3CC[C@@H](N)C3)o2)cc1. The van der Waals surface area contributed by atoms with Crippen molar-refractivity contribution in [2.75, 3.05) is 13.1 Å². The van der Waals surface area contributed by atoms with Crippen LogP contribution in [-0.4, -0.2) is 34.9 Å². The number of aryl methyl sites for hydroxylation is 2. The van der Waals surface area contributed by atoms with Crippen LogP contribution in [0.25, 0.3) is 11.3 Å². The number of carbonyl (C=O) groups is 1. The number of oxazole rings is 1. The van der Waals surface area contributed by atoms with E-state index in [1.807, 2.05) is 36.1 Å². The van der Waals surface area contributed by atoms with Gasteiger partial charge in [0.1, 0.15) is 0 Å². The summed E-state index contributed by atoms with van der Waals surface area (Å²) in [5, 5.41) is 0. The number of amides is 1. The number of carbonyl (C=O) groups excluding carboxylic acids is 1.